The number of hydrogen-bond acceptors (Lipinski definition) is 5. The van der Waals surface area contributed by atoms with Gasteiger partial charge in [-0.2, -0.15) is 0 Å². The molecule has 2 aromatic rings. The Kier molecular flexibility index (Phi) is 3.99. The van der Waals surface area contributed by atoms with Gasteiger partial charge in [0.2, 0.25) is 5.95 Å². The van der Waals surface area contributed by atoms with Crippen LogP contribution >= 0.6 is 11.6 Å². The lowest BCUT2D eigenvalue weighted by atomic mass is 10.2. The van der Waals surface area contributed by atoms with Gasteiger partial charge >= 0.3 is 5.97 Å². The zero-order chi connectivity index (χ0) is 14.7. The second kappa shape index (κ2) is 5.70. The molecule has 0 saturated heterocycles. The molecule has 1 aromatic heterocycles. The molecular formula is C12H9ClFN3O3. The van der Waals surface area contributed by atoms with Crippen LogP contribution in [0.4, 0.5) is 16.0 Å². The van der Waals surface area contributed by atoms with E-state index in [1.165, 1.54) is 19.2 Å². The average Bonchev–Trinajstić information content (AvgIpc) is 2.42. The number of nitrogens with zero attached hydrogens (tertiary/aromatic N) is 2. The van der Waals surface area contributed by atoms with Crippen LogP contribution in [0.1, 0.15) is 10.4 Å². The van der Waals surface area contributed by atoms with Gasteiger partial charge in [0, 0.05) is 6.07 Å². The van der Waals surface area contributed by atoms with E-state index in [1.807, 2.05) is 0 Å². The summed E-state index contributed by atoms with van der Waals surface area (Å²) < 4.78 is 17.7. The predicted molar refractivity (Wildman–Crippen MR) is 70.2 cm³/mol. The number of hydrogen-bond donors (Lipinski definition) is 2. The van der Waals surface area contributed by atoms with Crippen molar-refractivity contribution in [2.24, 2.45) is 0 Å². The Bertz CT molecular complexity index is 649. The third-order valence-corrected chi connectivity index (χ3v) is 2.70. The van der Waals surface area contributed by atoms with Crippen LogP contribution in [0.5, 0.6) is 5.75 Å². The second-order valence-electron chi connectivity index (χ2n) is 3.69. The normalized spacial score (nSPS) is 10.2. The van der Waals surface area contributed by atoms with Gasteiger partial charge < -0.3 is 15.2 Å². The highest BCUT2D eigenvalue weighted by molar-refractivity contribution is 6.33. The van der Waals surface area contributed by atoms with Gasteiger partial charge in [0.25, 0.3) is 0 Å². The first kappa shape index (κ1) is 14.0. The predicted octanol–water partition coefficient (Wildman–Crippen LogP) is 2.72. The summed E-state index contributed by atoms with van der Waals surface area (Å²) in [5.41, 5.74) is 0.281. The van der Waals surface area contributed by atoms with Gasteiger partial charge in [0.1, 0.15) is 11.3 Å². The van der Waals surface area contributed by atoms with Crippen molar-refractivity contribution in [3.63, 3.8) is 0 Å². The number of halogens is 2. The van der Waals surface area contributed by atoms with Crippen LogP contribution in [-0.4, -0.2) is 28.2 Å². The topological polar surface area (TPSA) is 84.3 Å². The standard InChI is InChI=1S/C12H9ClFN3O3/c1-20-10-3-9(8(13)2-7(10)11(18)19)17-12-15-4-6(14)5-16-12/h2-5H,1H3,(H,18,19)(H,15,16,17). The van der Waals surface area contributed by atoms with Gasteiger partial charge in [-0.3, -0.25) is 0 Å². The molecule has 0 aliphatic rings. The lowest BCUT2D eigenvalue weighted by Crippen LogP contribution is -2.03. The largest absolute Gasteiger partial charge is 0.496 e. The van der Waals surface area contributed by atoms with Crippen LogP contribution in [0.2, 0.25) is 5.02 Å². The number of ether oxygens (including phenoxy) is 1. The molecule has 0 radical (unpaired) electrons. The van der Waals surface area contributed by atoms with Crippen LogP contribution in [0.15, 0.2) is 24.5 Å². The quantitative estimate of drug-likeness (QED) is 0.902. The van der Waals surface area contributed by atoms with Crippen molar-refractivity contribution in [3.05, 3.63) is 40.9 Å². The molecule has 2 N–H and O–H groups in total. The fourth-order valence-corrected chi connectivity index (χ4v) is 1.69. The lowest BCUT2D eigenvalue weighted by Gasteiger charge is -2.11. The Balaban J connectivity index is 2.37. The average molecular weight is 298 g/mol. The molecule has 0 unspecified atom stereocenters. The molecule has 2 rings (SSSR count). The van der Waals surface area contributed by atoms with Crippen molar-refractivity contribution in [2.45, 2.75) is 0 Å². The number of nitrogens with one attached hydrogen (secondary N) is 1. The van der Waals surface area contributed by atoms with E-state index in [9.17, 15) is 9.18 Å². The van der Waals surface area contributed by atoms with Gasteiger partial charge in [0.15, 0.2) is 5.82 Å². The summed E-state index contributed by atoms with van der Waals surface area (Å²) in [5, 5.41) is 11.9. The Morgan fingerprint density at radius 1 is 1.40 bits per heavy atom. The first-order chi connectivity index (χ1) is 9.51. The first-order valence-corrected chi connectivity index (χ1v) is 5.74. The van der Waals surface area contributed by atoms with Gasteiger partial charge in [-0.15, -0.1) is 0 Å². The number of benzene rings is 1. The molecule has 0 bridgehead atoms. The molecule has 0 aliphatic carbocycles. The number of anilines is 2. The molecule has 1 heterocycles. The van der Waals surface area contributed by atoms with Crippen LogP contribution in [-0.2, 0) is 0 Å². The van der Waals surface area contributed by atoms with Crippen molar-refractivity contribution in [1.29, 1.82) is 0 Å². The van der Waals surface area contributed by atoms with Gasteiger partial charge in [0.05, 0.1) is 30.2 Å². The smallest absolute Gasteiger partial charge is 0.339 e. The minimum absolute atomic E-state index is 0.0666. The van der Waals surface area contributed by atoms with E-state index in [0.29, 0.717) is 5.69 Å². The molecule has 0 spiro atoms. The number of aromatic carboxylic acids is 1. The molecule has 20 heavy (non-hydrogen) atoms. The Hall–Kier alpha value is -2.41. The Morgan fingerprint density at radius 3 is 2.60 bits per heavy atom. The summed E-state index contributed by atoms with van der Waals surface area (Å²) in [6.07, 6.45) is 1.98. The van der Waals surface area contributed by atoms with Crippen LogP contribution in [0.3, 0.4) is 0 Å². The lowest BCUT2D eigenvalue weighted by molar-refractivity contribution is 0.0693. The fraction of sp³-hybridized carbons (Fsp3) is 0.0833. The molecule has 6 nitrogen and oxygen atoms in total. The van der Waals surface area contributed by atoms with E-state index in [0.717, 1.165) is 12.4 Å². The number of carboxylic acid groups (broad SMARTS) is 1. The summed E-state index contributed by atoms with van der Waals surface area (Å²) in [4.78, 5) is 18.4. The van der Waals surface area contributed by atoms with Crippen molar-refractivity contribution >= 4 is 29.2 Å². The van der Waals surface area contributed by atoms with Crippen molar-refractivity contribution in [2.75, 3.05) is 12.4 Å². The zero-order valence-electron chi connectivity index (χ0n) is 10.2. The van der Waals surface area contributed by atoms with E-state index in [4.69, 9.17) is 21.4 Å². The van der Waals surface area contributed by atoms with E-state index in [-0.39, 0.29) is 22.3 Å². The van der Waals surface area contributed by atoms with E-state index in [1.54, 1.807) is 0 Å². The highest BCUT2D eigenvalue weighted by Crippen LogP contribution is 2.32. The maximum absolute atomic E-state index is 12.7. The molecule has 0 saturated carbocycles. The van der Waals surface area contributed by atoms with Crippen molar-refractivity contribution in [1.82, 2.24) is 9.97 Å². The summed E-state index contributed by atoms with van der Waals surface area (Å²) in [5.74, 6) is -1.47. The molecule has 0 aliphatic heterocycles. The number of carbonyl (C=O) groups is 1. The summed E-state index contributed by atoms with van der Waals surface area (Å²) in [6.45, 7) is 0. The number of rotatable bonds is 4. The fourth-order valence-electron chi connectivity index (χ4n) is 1.48. The van der Waals surface area contributed by atoms with Crippen LogP contribution < -0.4 is 10.1 Å². The van der Waals surface area contributed by atoms with E-state index in [2.05, 4.69) is 15.3 Å². The second-order valence-corrected chi connectivity index (χ2v) is 4.09. The highest BCUT2D eigenvalue weighted by atomic mass is 35.5. The SMILES string of the molecule is COc1cc(Nc2ncc(F)cn2)c(Cl)cc1C(=O)O. The molecular weight excluding hydrogens is 289 g/mol. The van der Waals surface area contributed by atoms with E-state index >= 15 is 0 Å². The summed E-state index contributed by atoms with van der Waals surface area (Å²) in [6, 6.07) is 2.65. The Morgan fingerprint density at radius 2 is 2.05 bits per heavy atom. The third kappa shape index (κ3) is 2.94. The monoisotopic (exact) mass is 297 g/mol. The van der Waals surface area contributed by atoms with E-state index < -0.39 is 11.8 Å². The maximum atomic E-state index is 12.7. The maximum Gasteiger partial charge on any atom is 0.339 e. The van der Waals surface area contributed by atoms with Crippen molar-refractivity contribution in [3.8, 4) is 5.75 Å². The molecule has 0 fully saturated rings. The van der Waals surface area contributed by atoms with Gasteiger partial charge in [-0.1, -0.05) is 11.6 Å². The van der Waals surface area contributed by atoms with Crippen LogP contribution in [0, 0.1) is 5.82 Å². The van der Waals surface area contributed by atoms with Crippen LogP contribution in [0.25, 0.3) is 0 Å². The number of carboxylic acids is 1. The molecule has 8 heteroatoms. The first-order valence-electron chi connectivity index (χ1n) is 5.36. The molecule has 0 amide bonds. The van der Waals surface area contributed by atoms with Gasteiger partial charge in [-0.05, 0) is 6.07 Å². The zero-order valence-corrected chi connectivity index (χ0v) is 11.0. The minimum atomic E-state index is -1.16. The minimum Gasteiger partial charge on any atom is -0.496 e. The molecule has 0 atom stereocenters. The van der Waals surface area contributed by atoms with Crippen molar-refractivity contribution < 1.29 is 19.0 Å². The summed E-state index contributed by atoms with van der Waals surface area (Å²) in [7, 11) is 1.34. The summed E-state index contributed by atoms with van der Waals surface area (Å²) >= 11 is 5.97. The third-order valence-electron chi connectivity index (χ3n) is 2.39. The van der Waals surface area contributed by atoms with Gasteiger partial charge in [-0.25, -0.2) is 19.2 Å². The Labute approximate surface area is 118 Å². The number of methoxy groups -OCH3 is 1. The molecule has 1 aromatic carbocycles. The number of aromatic nitrogens is 2. The highest BCUT2D eigenvalue weighted by Gasteiger charge is 2.15. The molecule has 104 valence electrons.